The Kier molecular flexibility index (Phi) is 9.01. The number of morpholine rings is 1. The van der Waals surface area contributed by atoms with Crippen molar-refractivity contribution < 1.29 is 9.53 Å². The number of carbonyl (C=O) groups is 1. The molecule has 0 aliphatic carbocycles. The smallest absolute Gasteiger partial charge is 0.254 e. The Bertz CT molecular complexity index is 466. The molecule has 120 valence electrons. The molecule has 0 radical (unpaired) electrons. The van der Waals surface area contributed by atoms with Crippen molar-refractivity contribution in [3.05, 3.63) is 23.2 Å². The van der Waals surface area contributed by atoms with E-state index in [9.17, 15) is 4.79 Å². The van der Waals surface area contributed by atoms with Crippen LogP contribution < -0.4 is 15.5 Å². The van der Waals surface area contributed by atoms with Gasteiger partial charge in [0.25, 0.3) is 5.91 Å². The van der Waals surface area contributed by atoms with Crippen molar-refractivity contribution in [1.82, 2.24) is 5.32 Å². The second-order valence-electron chi connectivity index (χ2n) is 4.58. The Morgan fingerprint density at radius 3 is 2.71 bits per heavy atom. The summed E-state index contributed by atoms with van der Waals surface area (Å²) in [6, 6.07) is 5.44. The van der Waals surface area contributed by atoms with Crippen LogP contribution in [0.5, 0.6) is 0 Å². The highest BCUT2D eigenvalue weighted by Crippen LogP contribution is 2.32. The van der Waals surface area contributed by atoms with Crippen molar-refractivity contribution in [2.75, 3.05) is 44.0 Å². The maximum Gasteiger partial charge on any atom is 0.254 e. The Labute approximate surface area is 142 Å². The molecule has 1 heterocycles. The van der Waals surface area contributed by atoms with E-state index in [1.54, 1.807) is 6.07 Å². The molecule has 2 rings (SSSR count). The van der Waals surface area contributed by atoms with Crippen molar-refractivity contribution in [3.8, 4) is 0 Å². The Hall–Kier alpha value is -0.720. The molecule has 21 heavy (non-hydrogen) atoms. The van der Waals surface area contributed by atoms with Crippen LogP contribution >= 0.6 is 36.4 Å². The number of halogens is 3. The molecule has 0 bridgehead atoms. The Morgan fingerprint density at radius 2 is 2.14 bits per heavy atom. The highest BCUT2D eigenvalue weighted by Gasteiger charge is 2.23. The fourth-order valence-electron chi connectivity index (χ4n) is 2.02. The number of carbonyl (C=O) groups excluding carboxylic acids is 1. The monoisotopic (exact) mass is 355 g/mol. The number of hydrogen-bond donors (Lipinski definition) is 2. The minimum atomic E-state index is -0.456. The van der Waals surface area contributed by atoms with Gasteiger partial charge in [0.1, 0.15) is 6.10 Å². The lowest BCUT2D eigenvalue weighted by atomic mass is 10.2. The van der Waals surface area contributed by atoms with Crippen LogP contribution in [-0.2, 0) is 9.53 Å². The van der Waals surface area contributed by atoms with E-state index in [-0.39, 0.29) is 30.7 Å². The second-order valence-corrected chi connectivity index (χ2v) is 4.99. The third-order valence-corrected chi connectivity index (χ3v) is 3.22. The maximum atomic E-state index is 12.1. The van der Waals surface area contributed by atoms with Gasteiger partial charge in [-0.3, -0.25) is 4.79 Å². The summed E-state index contributed by atoms with van der Waals surface area (Å²) < 4.78 is 5.42. The molecule has 8 heteroatoms. The van der Waals surface area contributed by atoms with Gasteiger partial charge < -0.3 is 20.3 Å². The van der Waals surface area contributed by atoms with Crippen molar-refractivity contribution in [2.45, 2.75) is 6.10 Å². The van der Waals surface area contributed by atoms with E-state index in [1.807, 2.05) is 31.1 Å². The molecule has 1 aliphatic heterocycles. The van der Waals surface area contributed by atoms with Gasteiger partial charge in [0, 0.05) is 27.2 Å². The summed E-state index contributed by atoms with van der Waals surface area (Å²) in [6.45, 7) is 1.86. The van der Waals surface area contributed by atoms with E-state index in [4.69, 9.17) is 16.3 Å². The van der Waals surface area contributed by atoms with Crippen molar-refractivity contribution in [2.24, 2.45) is 0 Å². The fraction of sp³-hybridized carbons (Fsp3) is 0.462. The number of benzene rings is 1. The molecule has 1 fully saturated rings. The number of nitrogens with zero attached hydrogens (tertiary/aromatic N) is 1. The molecule has 5 nitrogen and oxygen atoms in total. The van der Waals surface area contributed by atoms with E-state index in [1.165, 1.54) is 0 Å². The van der Waals surface area contributed by atoms with E-state index >= 15 is 0 Å². The lowest BCUT2D eigenvalue weighted by Gasteiger charge is -2.24. The van der Waals surface area contributed by atoms with Crippen LogP contribution in [-0.4, -0.2) is 45.8 Å². The first kappa shape index (κ1) is 20.3. The van der Waals surface area contributed by atoms with E-state index < -0.39 is 6.10 Å². The van der Waals surface area contributed by atoms with Crippen LogP contribution in [0, 0.1) is 0 Å². The van der Waals surface area contributed by atoms with Gasteiger partial charge in [-0.05, 0) is 12.1 Å². The first-order valence-electron chi connectivity index (χ1n) is 6.18. The number of amides is 1. The number of ether oxygens (including phenoxy) is 1. The fourth-order valence-corrected chi connectivity index (χ4v) is 2.36. The molecule has 0 aromatic heterocycles. The molecule has 0 saturated carbocycles. The molecule has 2 N–H and O–H groups in total. The summed E-state index contributed by atoms with van der Waals surface area (Å²) in [5.74, 6) is -0.155. The third-order valence-electron chi connectivity index (χ3n) is 2.91. The normalized spacial score (nSPS) is 17.2. The lowest BCUT2D eigenvalue weighted by Crippen LogP contribution is -2.45. The first-order valence-corrected chi connectivity index (χ1v) is 6.56. The van der Waals surface area contributed by atoms with Crippen LogP contribution in [0.4, 0.5) is 11.4 Å². The summed E-state index contributed by atoms with van der Waals surface area (Å²) in [4.78, 5) is 14.0. The van der Waals surface area contributed by atoms with Gasteiger partial charge in [0.05, 0.1) is 23.0 Å². The SMILES string of the molecule is CN(C)c1c(Cl)cccc1NC(=O)C1CNCCO1.Cl.Cl. The topological polar surface area (TPSA) is 53.6 Å². The first-order chi connectivity index (χ1) is 9.09. The molecule has 1 atom stereocenters. The third kappa shape index (κ3) is 5.20. The maximum absolute atomic E-state index is 12.1. The minimum Gasteiger partial charge on any atom is -0.375 e. The molecule has 1 aliphatic rings. The number of rotatable bonds is 3. The van der Waals surface area contributed by atoms with Crippen molar-refractivity contribution in [3.63, 3.8) is 0 Å². The standard InChI is InChI=1S/C13H18ClN3O2.2ClH/c1-17(2)12-9(14)4-3-5-10(12)16-13(18)11-8-15-6-7-19-11;;/h3-5,11,15H,6-8H2,1-2H3,(H,16,18);2*1H. The van der Waals surface area contributed by atoms with Crippen molar-refractivity contribution >= 4 is 53.7 Å². The average Bonchev–Trinajstić information content (AvgIpc) is 2.39. The van der Waals surface area contributed by atoms with Gasteiger partial charge in [-0.25, -0.2) is 0 Å². The van der Waals surface area contributed by atoms with Gasteiger partial charge >= 0.3 is 0 Å². The zero-order valence-corrected chi connectivity index (χ0v) is 14.3. The lowest BCUT2D eigenvalue weighted by molar-refractivity contribution is -0.128. The van der Waals surface area contributed by atoms with E-state index in [2.05, 4.69) is 10.6 Å². The Balaban J connectivity index is 0.00000200. The van der Waals surface area contributed by atoms with Gasteiger partial charge in [-0.1, -0.05) is 17.7 Å². The van der Waals surface area contributed by atoms with Crippen LogP contribution in [0.1, 0.15) is 0 Å². The summed E-state index contributed by atoms with van der Waals surface area (Å²) in [6.07, 6.45) is -0.456. The predicted octanol–water partition coefficient (Wildman–Crippen LogP) is 2.18. The molecule has 1 saturated heterocycles. The van der Waals surface area contributed by atoms with Crippen LogP contribution in [0.2, 0.25) is 5.02 Å². The summed E-state index contributed by atoms with van der Waals surface area (Å²) in [7, 11) is 3.77. The number of para-hydroxylation sites is 1. The van der Waals surface area contributed by atoms with Crippen LogP contribution in [0.15, 0.2) is 18.2 Å². The number of nitrogens with one attached hydrogen (secondary N) is 2. The molecule has 1 amide bonds. The number of anilines is 2. The number of hydrogen-bond acceptors (Lipinski definition) is 4. The summed E-state index contributed by atoms with van der Waals surface area (Å²) in [5, 5.41) is 6.60. The zero-order chi connectivity index (χ0) is 13.8. The van der Waals surface area contributed by atoms with E-state index in [0.717, 1.165) is 12.2 Å². The highest BCUT2D eigenvalue weighted by atomic mass is 35.5. The van der Waals surface area contributed by atoms with Gasteiger partial charge in [0.15, 0.2) is 0 Å². The largest absolute Gasteiger partial charge is 0.375 e. The molecule has 1 unspecified atom stereocenters. The van der Waals surface area contributed by atoms with Crippen LogP contribution in [0.25, 0.3) is 0 Å². The second kappa shape index (κ2) is 9.33. The Morgan fingerprint density at radius 1 is 1.43 bits per heavy atom. The molecule has 1 aromatic carbocycles. The molecule has 1 aromatic rings. The zero-order valence-electron chi connectivity index (χ0n) is 11.9. The van der Waals surface area contributed by atoms with Gasteiger partial charge in [-0.15, -0.1) is 24.8 Å². The predicted molar refractivity (Wildman–Crippen MR) is 91.5 cm³/mol. The highest BCUT2D eigenvalue weighted by molar-refractivity contribution is 6.34. The van der Waals surface area contributed by atoms with Crippen LogP contribution in [0.3, 0.4) is 0 Å². The van der Waals surface area contributed by atoms with Crippen molar-refractivity contribution in [1.29, 1.82) is 0 Å². The quantitative estimate of drug-likeness (QED) is 0.871. The van der Waals surface area contributed by atoms with Gasteiger partial charge in [0.2, 0.25) is 0 Å². The van der Waals surface area contributed by atoms with E-state index in [0.29, 0.717) is 23.9 Å². The average molecular weight is 357 g/mol. The summed E-state index contributed by atoms with van der Waals surface area (Å²) >= 11 is 6.16. The molecular weight excluding hydrogens is 337 g/mol. The molecule has 0 spiro atoms. The van der Waals surface area contributed by atoms with Gasteiger partial charge in [-0.2, -0.15) is 0 Å². The summed E-state index contributed by atoms with van der Waals surface area (Å²) in [5.41, 5.74) is 1.48. The minimum absolute atomic E-state index is 0. The molecular formula is C13H20Cl3N3O2.